The van der Waals surface area contributed by atoms with Crippen molar-refractivity contribution in [3.8, 4) is 17.2 Å². The number of rotatable bonds is 6. The summed E-state index contributed by atoms with van der Waals surface area (Å²) in [5, 5.41) is 6.03. The lowest BCUT2D eigenvalue weighted by atomic mass is 9.98. The van der Waals surface area contributed by atoms with E-state index in [1.807, 2.05) is 36.4 Å². The van der Waals surface area contributed by atoms with Crippen molar-refractivity contribution in [2.75, 3.05) is 27.5 Å². The van der Waals surface area contributed by atoms with Crippen LogP contribution in [0.3, 0.4) is 0 Å². The van der Waals surface area contributed by atoms with E-state index in [-0.39, 0.29) is 18.9 Å². The summed E-state index contributed by atoms with van der Waals surface area (Å²) in [6.45, 7) is -0.129. The Hall–Kier alpha value is -4.40. The largest absolute Gasteiger partial charge is 0.497 e. The molecular weight excluding hydrogens is 465 g/mol. The number of halogens is 1. The van der Waals surface area contributed by atoms with E-state index < -0.39 is 23.7 Å². The van der Waals surface area contributed by atoms with E-state index >= 15 is 0 Å². The number of fused-ring (bicyclic) bond motifs is 1. The number of likely N-dealkylation sites (N-methyl/N-ethyl adjacent to an activating group) is 1. The smallest absolute Gasteiger partial charge is 0.262 e. The molecule has 2 aliphatic heterocycles. The van der Waals surface area contributed by atoms with Gasteiger partial charge in [-0.3, -0.25) is 9.59 Å². The molecular formula is C27H24FN3O5. The third-order valence-electron chi connectivity index (χ3n) is 6.19. The zero-order chi connectivity index (χ0) is 25.2. The molecule has 36 heavy (non-hydrogen) atoms. The van der Waals surface area contributed by atoms with Crippen LogP contribution in [0.2, 0.25) is 0 Å². The first-order chi connectivity index (χ1) is 17.4. The van der Waals surface area contributed by atoms with Crippen LogP contribution in [0, 0.1) is 5.82 Å². The second-order valence-corrected chi connectivity index (χ2v) is 8.49. The van der Waals surface area contributed by atoms with Crippen LogP contribution < -0.4 is 14.2 Å². The maximum absolute atomic E-state index is 14.1. The molecule has 0 saturated heterocycles. The topological polar surface area (TPSA) is 80.7 Å². The van der Waals surface area contributed by atoms with Crippen LogP contribution in [-0.4, -0.2) is 54.9 Å². The highest BCUT2D eigenvalue weighted by atomic mass is 19.1. The molecule has 8 nitrogen and oxygen atoms in total. The predicted octanol–water partition coefficient (Wildman–Crippen LogP) is 4.01. The molecule has 3 aromatic rings. The van der Waals surface area contributed by atoms with Gasteiger partial charge in [0.15, 0.2) is 11.5 Å². The van der Waals surface area contributed by atoms with E-state index in [4.69, 9.17) is 14.2 Å². The van der Waals surface area contributed by atoms with Crippen molar-refractivity contribution in [3.05, 3.63) is 89.2 Å². The van der Waals surface area contributed by atoms with Crippen molar-refractivity contribution in [2.24, 2.45) is 5.10 Å². The summed E-state index contributed by atoms with van der Waals surface area (Å²) in [4.78, 5) is 27.4. The fraction of sp³-hybridized carbons (Fsp3) is 0.222. The Balaban J connectivity index is 1.42. The third kappa shape index (κ3) is 4.47. The molecule has 0 saturated carbocycles. The summed E-state index contributed by atoms with van der Waals surface area (Å²) >= 11 is 0. The third-order valence-corrected chi connectivity index (χ3v) is 6.19. The summed E-state index contributed by atoms with van der Waals surface area (Å²) in [6, 6.07) is 18.2. The van der Waals surface area contributed by atoms with Crippen molar-refractivity contribution < 1.29 is 28.2 Å². The number of nitrogens with zero attached hydrogens (tertiary/aromatic N) is 3. The van der Waals surface area contributed by atoms with Crippen LogP contribution in [0.25, 0.3) is 0 Å². The predicted molar refractivity (Wildman–Crippen MR) is 130 cm³/mol. The van der Waals surface area contributed by atoms with Crippen molar-refractivity contribution >= 4 is 17.5 Å². The number of methoxy groups -OCH3 is 1. The Morgan fingerprint density at radius 1 is 1.08 bits per heavy atom. The zero-order valence-electron chi connectivity index (χ0n) is 19.8. The molecule has 3 aromatic carbocycles. The van der Waals surface area contributed by atoms with Gasteiger partial charge in [0.05, 0.1) is 24.4 Å². The molecule has 0 aliphatic carbocycles. The Morgan fingerprint density at radius 3 is 2.58 bits per heavy atom. The van der Waals surface area contributed by atoms with E-state index in [0.717, 1.165) is 16.8 Å². The van der Waals surface area contributed by atoms with Crippen LogP contribution in [0.1, 0.15) is 33.9 Å². The van der Waals surface area contributed by atoms with E-state index in [1.54, 1.807) is 19.2 Å². The summed E-state index contributed by atoms with van der Waals surface area (Å²) in [5.74, 6) is 0.339. The number of hydrogen-bond donors (Lipinski definition) is 0. The lowest BCUT2D eigenvalue weighted by Gasteiger charge is -2.25. The van der Waals surface area contributed by atoms with Crippen LogP contribution in [0.5, 0.6) is 17.2 Å². The number of hydrazone groups is 1. The molecule has 0 N–H and O–H groups in total. The van der Waals surface area contributed by atoms with Crippen molar-refractivity contribution in [1.82, 2.24) is 9.91 Å². The SMILES string of the molecule is COc1ccc(C2=NN(C(=O)CN(C)C(=O)c3ccccc3F)[C@H](c3ccc4c(c3)OCO4)C2)cc1. The molecule has 0 aromatic heterocycles. The van der Waals surface area contributed by atoms with E-state index in [2.05, 4.69) is 5.10 Å². The minimum atomic E-state index is -0.638. The molecule has 9 heteroatoms. The van der Waals surface area contributed by atoms with E-state index in [0.29, 0.717) is 23.7 Å². The Labute approximate surface area is 207 Å². The molecule has 0 radical (unpaired) electrons. The van der Waals surface area contributed by atoms with Crippen LogP contribution in [0.4, 0.5) is 4.39 Å². The van der Waals surface area contributed by atoms with Gasteiger partial charge in [-0.2, -0.15) is 5.10 Å². The van der Waals surface area contributed by atoms with Crippen molar-refractivity contribution in [3.63, 3.8) is 0 Å². The fourth-order valence-electron chi connectivity index (χ4n) is 4.27. The molecule has 0 unspecified atom stereocenters. The lowest BCUT2D eigenvalue weighted by molar-refractivity contribution is -0.133. The van der Waals surface area contributed by atoms with Crippen LogP contribution in [-0.2, 0) is 4.79 Å². The van der Waals surface area contributed by atoms with Gasteiger partial charge in [0.1, 0.15) is 18.1 Å². The van der Waals surface area contributed by atoms with Crippen LogP contribution >= 0.6 is 0 Å². The van der Waals surface area contributed by atoms with E-state index in [9.17, 15) is 14.0 Å². The number of carbonyl (C=O) groups is 2. The van der Waals surface area contributed by atoms with E-state index in [1.165, 1.54) is 35.2 Å². The first-order valence-corrected chi connectivity index (χ1v) is 11.4. The summed E-state index contributed by atoms with van der Waals surface area (Å²) in [5.41, 5.74) is 2.30. The maximum atomic E-state index is 14.1. The quantitative estimate of drug-likeness (QED) is 0.523. The lowest BCUT2D eigenvalue weighted by Crippen LogP contribution is -2.39. The monoisotopic (exact) mass is 489 g/mol. The van der Waals surface area contributed by atoms with Gasteiger partial charge in [-0.05, 0) is 59.7 Å². The average molecular weight is 490 g/mol. The van der Waals surface area contributed by atoms with Gasteiger partial charge >= 0.3 is 0 Å². The number of carbonyl (C=O) groups excluding carboxylic acids is 2. The van der Waals surface area contributed by atoms with Gasteiger partial charge in [0.2, 0.25) is 6.79 Å². The first kappa shape index (κ1) is 23.3. The molecule has 2 aliphatic rings. The molecule has 5 rings (SSSR count). The summed E-state index contributed by atoms with van der Waals surface area (Å²) in [6.07, 6.45) is 0.461. The number of ether oxygens (including phenoxy) is 3. The van der Waals surface area contributed by atoms with Crippen molar-refractivity contribution in [2.45, 2.75) is 12.5 Å². The second-order valence-electron chi connectivity index (χ2n) is 8.49. The van der Waals surface area contributed by atoms with Gasteiger partial charge < -0.3 is 19.1 Å². The molecule has 2 amide bonds. The highest BCUT2D eigenvalue weighted by Crippen LogP contribution is 2.39. The second kappa shape index (κ2) is 9.69. The molecule has 2 heterocycles. The minimum Gasteiger partial charge on any atom is -0.497 e. The first-order valence-electron chi connectivity index (χ1n) is 11.4. The van der Waals surface area contributed by atoms with Crippen molar-refractivity contribution in [1.29, 1.82) is 0 Å². The fourth-order valence-corrected chi connectivity index (χ4v) is 4.27. The Bertz CT molecular complexity index is 1340. The van der Waals surface area contributed by atoms with Crippen LogP contribution in [0.15, 0.2) is 71.8 Å². The number of hydrogen-bond acceptors (Lipinski definition) is 6. The highest BCUT2D eigenvalue weighted by Gasteiger charge is 2.35. The molecule has 0 fully saturated rings. The van der Waals surface area contributed by atoms with Gasteiger partial charge in [-0.25, -0.2) is 9.40 Å². The molecule has 0 bridgehead atoms. The number of amides is 2. The molecule has 1 atom stereocenters. The van der Waals surface area contributed by atoms with Gasteiger partial charge in [-0.15, -0.1) is 0 Å². The van der Waals surface area contributed by atoms with Gasteiger partial charge in [-0.1, -0.05) is 18.2 Å². The summed E-state index contributed by atoms with van der Waals surface area (Å²) < 4.78 is 30.3. The highest BCUT2D eigenvalue weighted by molar-refractivity contribution is 6.04. The average Bonchev–Trinajstić information content (AvgIpc) is 3.55. The summed E-state index contributed by atoms with van der Waals surface area (Å²) in [7, 11) is 3.06. The minimum absolute atomic E-state index is 0.0935. The Morgan fingerprint density at radius 2 is 1.83 bits per heavy atom. The Kier molecular flexibility index (Phi) is 6.28. The molecule has 184 valence electrons. The molecule has 0 spiro atoms. The normalized spacial score (nSPS) is 16.0. The zero-order valence-corrected chi connectivity index (χ0v) is 19.8. The number of benzene rings is 3. The van der Waals surface area contributed by atoms with Gasteiger partial charge in [0, 0.05) is 13.5 Å². The standard InChI is InChI=1S/C27H24FN3O5/c1-30(27(33)20-5-3-4-6-21(20)28)15-26(32)31-23(18-9-12-24-25(13-18)36-16-35-24)14-22(29-31)17-7-10-19(34-2)11-8-17/h3-13,23H,14-16H2,1-2H3/t23-/m0/s1. The van der Waals surface area contributed by atoms with Gasteiger partial charge in [0.25, 0.3) is 11.8 Å². The maximum Gasteiger partial charge on any atom is 0.262 e.